The maximum Gasteiger partial charge on any atom is 0.194 e. The van der Waals surface area contributed by atoms with Gasteiger partial charge in [0.1, 0.15) is 6.10 Å². The molecule has 4 rings (SSSR count). The van der Waals surface area contributed by atoms with Gasteiger partial charge in [0, 0.05) is 32.8 Å². The topological polar surface area (TPSA) is 46.1 Å². The Kier molecular flexibility index (Phi) is 5.28. The molecule has 2 heterocycles. The minimum atomic E-state index is 0.202. The molecule has 4 fully saturated rings. The normalized spacial score (nSPS) is 38.4. The van der Waals surface area contributed by atoms with Crippen molar-refractivity contribution >= 4 is 5.96 Å². The minimum absolute atomic E-state index is 0.202. The number of nitrogens with zero attached hydrogens (tertiary/aromatic N) is 2. The van der Waals surface area contributed by atoms with Gasteiger partial charge in [-0.3, -0.25) is 4.99 Å². The molecule has 0 spiro atoms. The molecule has 0 aromatic heterocycles. The fourth-order valence-electron chi connectivity index (χ4n) is 4.92. The number of guanidine groups is 1. The highest BCUT2D eigenvalue weighted by molar-refractivity contribution is 5.80. The summed E-state index contributed by atoms with van der Waals surface area (Å²) in [6.07, 6.45) is 11.3. The fourth-order valence-corrected chi connectivity index (χ4v) is 4.92. The Hall–Kier alpha value is -0.810. The molecule has 4 aliphatic rings. The smallest absolute Gasteiger partial charge is 0.194 e. The van der Waals surface area contributed by atoms with E-state index < -0.39 is 0 Å². The van der Waals surface area contributed by atoms with Crippen molar-refractivity contribution in [1.29, 1.82) is 0 Å². The predicted octanol–water partition coefficient (Wildman–Crippen LogP) is 2.41. The standard InChI is InChI=1S/C19H33N3O2/c1-20-19(21-16-12-15(16)14-6-3-2-4-7-14)22-9-11-24-18(13-22)17-8-5-10-23-17/h14-18H,2-13H2,1H3,(H,20,21). The van der Waals surface area contributed by atoms with E-state index in [2.05, 4.69) is 15.2 Å². The summed E-state index contributed by atoms with van der Waals surface area (Å²) in [5.41, 5.74) is 0. The molecule has 1 N–H and O–H groups in total. The van der Waals surface area contributed by atoms with Crippen molar-refractivity contribution in [2.24, 2.45) is 16.8 Å². The summed E-state index contributed by atoms with van der Waals surface area (Å²) in [5.74, 6) is 2.92. The second-order valence-electron chi connectivity index (χ2n) is 8.00. The first-order chi connectivity index (χ1) is 11.8. The number of hydrogen-bond acceptors (Lipinski definition) is 3. The lowest BCUT2D eigenvalue weighted by molar-refractivity contribution is -0.0817. The van der Waals surface area contributed by atoms with Crippen LogP contribution in [0.5, 0.6) is 0 Å². The van der Waals surface area contributed by atoms with Crippen LogP contribution in [0.25, 0.3) is 0 Å². The van der Waals surface area contributed by atoms with Crippen LogP contribution in [0.1, 0.15) is 51.4 Å². The van der Waals surface area contributed by atoms with E-state index in [0.29, 0.717) is 6.04 Å². The van der Waals surface area contributed by atoms with Crippen LogP contribution in [0.15, 0.2) is 4.99 Å². The van der Waals surface area contributed by atoms with Crippen LogP contribution in [0.4, 0.5) is 0 Å². The highest BCUT2D eigenvalue weighted by Gasteiger charge is 2.44. The number of aliphatic imine (C=N–C) groups is 1. The van der Waals surface area contributed by atoms with Gasteiger partial charge in [-0.2, -0.15) is 0 Å². The van der Waals surface area contributed by atoms with Gasteiger partial charge in [0.15, 0.2) is 5.96 Å². The maximum atomic E-state index is 5.97. The summed E-state index contributed by atoms with van der Waals surface area (Å²) < 4.78 is 11.8. The first-order valence-electron chi connectivity index (χ1n) is 10.1. The zero-order valence-corrected chi connectivity index (χ0v) is 15.1. The quantitative estimate of drug-likeness (QED) is 0.635. The molecule has 0 bridgehead atoms. The Bertz CT molecular complexity index is 444. The second kappa shape index (κ2) is 7.61. The number of rotatable bonds is 3. The third-order valence-electron chi connectivity index (χ3n) is 6.39. The molecule has 0 amide bonds. The van der Waals surface area contributed by atoms with E-state index in [0.717, 1.165) is 50.5 Å². The van der Waals surface area contributed by atoms with Crippen LogP contribution in [-0.2, 0) is 9.47 Å². The number of morpholine rings is 1. The van der Waals surface area contributed by atoms with Gasteiger partial charge in [0.25, 0.3) is 0 Å². The average Bonchev–Trinajstić information content (AvgIpc) is 3.19. The second-order valence-corrected chi connectivity index (χ2v) is 8.00. The van der Waals surface area contributed by atoms with E-state index in [-0.39, 0.29) is 12.2 Å². The highest BCUT2D eigenvalue weighted by Crippen LogP contribution is 2.44. The van der Waals surface area contributed by atoms with Crippen LogP contribution >= 0.6 is 0 Å². The van der Waals surface area contributed by atoms with Gasteiger partial charge in [-0.25, -0.2) is 0 Å². The van der Waals surface area contributed by atoms with Crippen LogP contribution < -0.4 is 5.32 Å². The number of nitrogens with one attached hydrogen (secondary N) is 1. The zero-order valence-electron chi connectivity index (χ0n) is 15.1. The molecular formula is C19H33N3O2. The summed E-state index contributed by atoms with van der Waals surface area (Å²) >= 11 is 0. The van der Waals surface area contributed by atoms with Crippen molar-refractivity contribution in [3.05, 3.63) is 0 Å². The summed E-state index contributed by atoms with van der Waals surface area (Å²) in [7, 11) is 1.91. The summed E-state index contributed by atoms with van der Waals surface area (Å²) in [5, 5.41) is 3.75. The van der Waals surface area contributed by atoms with Crippen molar-refractivity contribution in [3.63, 3.8) is 0 Å². The molecule has 0 aromatic carbocycles. The lowest BCUT2D eigenvalue weighted by atomic mass is 9.85. The van der Waals surface area contributed by atoms with E-state index in [1.165, 1.54) is 44.9 Å². The molecule has 4 atom stereocenters. The number of hydrogen-bond donors (Lipinski definition) is 1. The van der Waals surface area contributed by atoms with E-state index in [1.807, 2.05) is 7.05 Å². The average molecular weight is 335 g/mol. The molecule has 136 valence electrons. The number of ether oxygens (including phenoxy) is 2. The monoisotopic (exact) mass is 335 g/mol. The molecule has 2 aliphatic carbocycles. The molecule has 24 heavy (non-hydrogen) atoms. The van der Waals surface area contributed by atoms with Gasteiger partial charge in [-0.15, -0.1) is 0 Å². The SMILES string of the molecule is CN=C(NC1CC1C1CCCCC1)N1CCOC(C2CCCO2)C1. The Morgan fingerprint density at radius 3 is 2.58 bits per heavy atom. The van der Waals surface area contributed by atoms with E-state index in [9.17, 15) is 0 Å². The molecule has 4 unspecified atom stereocenters. The van der Waals surface area contributed by atoms with Crippen molar-refractivity contribution in [3.8, 4) is 0 Å². The Morgan fingerprint density at radius 1 is 1.00 bits per heavy atom. The van der Waals surface area contributed by atoms with Gasteiger partial charge in [0.05, 0.1) is 12.7 Å². The first-order valence-corrected chi connectivity index (χ1v) is 10.1. The van der Waals surface area contributed by atoms with Crippen LogP contribution in [0.3, 0.4) is 0 Å². The van der Waals surface area contributed by atoms with E-state index in [1.54, 1.807) is 0 Å². The van der Waals surface area contributed by atoms with Gasteiger partial charge in [-0.1, -0.05) is 32.1 Å². The molecule has 5 heteroatoms. The Balaban J connectivity index is 1.29. The molecule has 2 saturated carbocycles. The lowest BCUT2D eigenvalue weighted by Gasteiger charge is -2.37. The summed E-state index contributed by atoms with van der Waals surface area (Å²) in [6, 6.07) is 0.649. The molecule has 2 aliphatic heterocycles. The summed E-state index contributed by atoms with van der Waals surface area (Å²) in [4.78, 5) is 6.95. The Labute approximate surface area is 146 Å². The molecule has 2 saturated heterocycles. The van der Waals surface area contributed by atoms with Crippen molar-refractivity contribution in [1.82, 2.24) is 10.2 Å². The van der Waals surface area contributed by atoms with Gasteiger partial charge in [-0.05, 0) is 31.1 Å². The van der Waals surface area contributed by atoms with Crippen molar-refractivity contribution < 1.29 is 9.47 Å². The zero-order chi connectivity index (χ0) is 16.4. The van der Waals surface area contributed by atoms with Crippen LogP contribution in [0, 0.1) is 11.8 Å². The third-order valence-corrected chi connectivity index (χ3v) is 6.39. The van der Waals surface area contributed by atoms with Crippen LogP contribution in [0.2, 0.25) is 0 Å². The van der Waals surface area contributed by atoms with Gasteiger partial charge >= 0.3 is 0 Å². The van der Waals surface area contributed by atoms with Gasteiger partial charge in [0.2, 0.25) is 0 Å². The molecule has 5 nitrogen and oxygen atoms in total. The molecular weight excluding hydrogens is 302 g/mol. The largest absolute Gasteiger partial charge is 0.375 e. The fraction of sp³-hybridized carbons (Fsp3) is 0.947. The molecule has 0 aromatic rings. The summed E-state index contributed by atoms with van der Waals surface area (Å²) in [6.45, 7) is 3.51. The van der Waals surface area contributed by atoms with Gasteiger partial charge < -0.3 is 19.7 Å². The lowest BCUT2D eigenvalue weighted by Crippen LogP contribution is -2.53. The molecule has 0 radical (unpaired) electrons. The highest BCUT2D eigenvalue weighted by atomic mass is 16.5. The van der Waals surface area contributed by atoms with E-state index >= 15 is 0 Å². The van der Waals surface area contributed by atoms with Crippen molar-refractivity contribution in [2.45, 2.75) is 69.6 Å². The predicted molar refractivity (Wildman–Crippen MR) is 95.3 cm³/mol. The van der Waals surface area contributed by atoms with E-state index in [4.69, 9.17) is 9.47 Å². The van der Waals surface area contributed by atoms with Crippen LogP contribution in [-0.4, -0.2) is 62.5 Å². The third kappa shape index (κ3) is 3.72. The minimum Gasteiger partial charge on any atom is -0.375 e. The van der Waals surface area contributed by atoms with Crippen molar-refractivity contribution in [2.75, 3.05) is 33.4 Å². The Morgan fingerprint density at radius 2 is 1.83 bits per heavy atom. The maximum absolute atomic E-state index is 5.97. The first kappa shape index (κ1) is 16.6.